The number of aliphatic carboxylic acids is 1. The highest BCUT2D eigenvalue weighted by molar-refractivity contribution is 7.88. The number of sulfonamides is 1. The van der Waals surface area contributed by atoms with Crippen LogP contribution >= 0.6 is 0 Å². The maximum absolute atomic E-state index is 12.8. The van der Waals surface area contributed by atoms with Gasteiger partial charge in [-0.05, 0) is 11.5 Å². The summed E-state index contributed by atoms with van der Waals surface area (Å²) in [6.07, 6.45) is 2.34. The van der Waals surface area contributed by atoms with Crippen LogP contribution < -0.4 is 5.11 Å². The molecule has 1 aliphatic heterocycles. The minimum atomic E-state index is -3.70. The summed E-state index contributed by atoms with van der Waals surface area (Å²) in [6, 6.07) is 7.57. The number of carboxylic acids is 1. The normalized spacial score (nSPS) is 18.8. The molecule has 0 saturated heterocycles. The van der Waals surface area contributed by atoms with Gasteiger partial charge in [-0.15, -0.1) is 0 Å². The van der Waals surface area contributed by atoms with E-state index in [4.69, 9.17) is 0 Å². The summed E-state index contributed by atoms with van der Waals surface area (Å²) in [4.78, 5) is 25.0. The summed E-state index contributed by atoms with van der Waals surface area (Å²) in [5, 5.41) is 11.1. The zero-order valence-electron chi connectivity index (χ0n) is 13.7. The lowest BCUT2D eigenvalue weighted by Crippen LogP contribution is -2.56. The summed E-state index contributed by atoms with van der Waals surface area (Å²) in [5.74, 6) is -2.33. The lowest BCUT2D eigenvalue weighted by molar-refractivity contribution is -0.305. The van der Waals surface area contributed by atoms with Gasteiger partial charge in [0.2, 0.25) is 10.0 Å². The fourth-order valence-corrected chi connectivity index (χ4v) is 3.71. The van der Waals surface area contributed by atoms with Gasteiger partial charge in [0, 0.05) is 6.20 Å². The molecule has 0 spiro atoms. The van der Waals surface area contributed by atoms with E-state index < -0.39 is 34.5 Å². The number of hydrogen-bond acceptors (Lipinski definition) is 5. The van der Waals surface area contributed by atoms with E-state index >= 15 is 0 Å². The van der Waals surface area contributed by atoms with Crippen LogP contribution in [0.1, 0.15) is 19.4 Å². The fourth-order valence-electron chi connectivity index (χ4n) is 2.67. The van der Waals surface area contributed by atoms with E-state index in [-0.39, 0.29) is 11.6 Å². The molecule has 1 heterocycles. The minimum Gasteiger partial charge on any atom is -0.548 e. The Bertz CT molecular complexity index is 771. The van der Waals surface area contributed by atoms with Gasteiger partial charge in [-0.3, -0.25) is 9.10 Å². The van der Waals surface area contributed by atoms with E-state index in [1.54, 1.807) is 44.2 Å². The van der Waals surface area contributed by atoms with Crippen molar-refractivity contribution < 1.29 is 23.1 Å². The SMILES string of the molecule is CC(C)C1C(=O)N(CC(=O)[O-])C(c2ccccc2)=CN1S(C)(=O)=O. The van der Waals surface area contributed by atoms with E-state index in [2.05, 4.69) is 0 Å². The van der Waals surface area contributed by atoms with E-state index in [9.17, 15) is 23.1 Å². The zero-order chi connectivity index (χ0) is 18.1. The highest BCUT2D eigenvalue weighted by Crippen LogP contribution is 2.31. The van der Waals surface area contributed by atoms with Crippen LogP contribution in [0.25, 0.3) is 5.70 Å². The van der Waals surface area contributed by atoms with Gasteiger partial charge in [0.25, 0.3) is 5.91 Å². The quantitative estimate of drug-likeness (QED) is 0.736. The maximum Gasteiger partial charge on any atom is 0.251 e. The summed E-state index contributed by atoms with van der Waals surface area (Å²) >= 11 is 0. The number of hydrogen-bond donors (Lipinski definition) is 0. The molecule has 130 valence electrons. The van der Waals surface area contributed by atoms with Crippen LogP contribution in [-0.2, 0) is 19.6 Å². The molecule has 1 unspecified atom stereocenters. The predicted molar refractivity (Wildman–Crippen MR) is 86.4 cm³/mol. The highest BCUT2D eigenvalue weighted by Gasteiger charge is 2.41. The maximum atomic E-state index is 12.8. The van der Waals surface area contributed by atoms with E-state index in [1.165, 1.54) is 6.20 Å². The van der Waals surface area contributed by atoms with E-state index in [0.29, 0.717) is 5.56 Å². The van der Waals surface area contributed by atoms with Crippen molar-refractivity contribution in [2.75, 3.05) is 12.8 Å². The molecular formula is C16H19N2O5S-. The number of rotatable bonds is 5. The second kappa shape index (κ2) is 6.64. The van der Waals surface area contributed by atoms with Gasteiger partial charge >= 0.3 is 0 Å². The monoisotopic (exact) mass is 351 g/mol. The van der Waals surface area contributed by atoms with Gasteiger partial charge in [-0.25, -0.2) is 8.42 Å². The van der Waals surface area contributed by atoms with Crippen LogP contribution in [0, 0.1) is 5.92 Å². The van der Waals surface area contributed by atoms with Crippen LogP contribution in [0.15, 0.2) is 36.5 Å². The van der Waals surface area contributed by atoms with Gasteiger partial charge in [0.15, 0.2) is 0 Å². The zero-order valence-corrected chi connectivity index (χ0v) is 14.5. The summed E-state index contributed by atoms with van der Waals surface area (Å²) in [5.41, 5.74) is 0.759. The van der Waals surface area contributed by atoms with Gasteiger partial charge in [0.1, 0.15) is 6.04 Å². The molecule has 1 aromatic carbocycles. The van der Waals surface area contributed by atoms with Crippen molar-refractivity contribution in [3.8, 4) is 0 Å². The van der Waals surface area contributed by atoms with Crippen LogP contribution in [0.5, 0.6) is 0 Å². The third-order valence-corrected chi connectivity index (χ3v) is 4.80. The molecule has 0 N–H and O–H groups in total. The summed E-state index contributed by atoms with van der Waals surface area (Å²) < 4.78 is 25.3. The van der Waals surface area contributed by atoms with Crippen LogP contribution in [0.3, 0.4) is 0 Å². The molecule has 0 saturated carbocycles. The molecule has 7 nitrogen and oxygen atoms in total. The Labute approximate surface area is 141 Å². The second-order valence-electron chi connectivity index (χ2n) is 5.96. The van der Waals surface area contributed by atoms with Gasteiger partial charge in [-0.1, -0.05) is 44.2 Å². The lowest BCUT2D eigenvalue weighted by Gasteiger charge is -2.41. The molecule has 1 atom stereocenters. The van der Waals surface area contributed by atoms with E-state index in [1.807, 2.05) is 0 Å². The smallest absolute Gasteiger partial charge is 0.251 e. The summed E-state index contributed by atoms with van der Waals surface area (Å²) in [6.45, 7) is 2.78. The first-order valence-electron chi connectivity index (χ1n) is 7.40. The third kappa shape index (κ3) is 3.59. The number of carboxylic acid groups (broad SMARTS) is 1. The molecule has 0 fully saturated rings. The molecule has 0 bridgehead atoms. The Kier molecular flexibility index (Phi) is 4.98. The van der Waals surface area contributed by atoms with Gasteiger partial charge in [-0.2, -0.15) is 0 Å². The molecule has 0 aromatic heterocycles. The topological polar surface area (TPSA) is 97.8 Å². The fraction of sp³-hybridized carbons (Fsp3) is 0.375. The van der Waals surface area contributed by atoms with Crippen molar-refractivity contribution in [1.82, 2.24) is 9.21 Å². The second-order valence-corrected chi connectivity index (χ2v) is 7.85. The molecule has 1 aliphatic rings. The third-order valence-electron chi connectivity index (χ3n) is 3.70. The molecule has 1 aromatic rings. The van der Waals surface area contributed by atoms with Crippen molar-refractivity contribution in [3.05, 3.63) is 42.1 Å². The molecule has 2 rings (SSSR count). The number of nitrogens with zero attached hydrogens (tertiary/aromatic N) is 2. The van der Waals surface area contributed by atoms with Gasteiger partial charge < -0.3 is 14.8 Å². The summed E-state index contributed by atoms with van der Waals surface area (Å²) in [7, 11) is -3.70. The Morgan fingerprint density at radius 2 is 1.83 bits per heavy atom. The lowest BCUT2D eigenvalue weighted by atomic mass is 9.99. The Hall–Kier alpha value is -2.35. The average Bonchev–Trinajstić information content (AvgIpc) is 2.47. The number of carbonyl (C=O) groups is 2. The predicted octanol–water partition coefficient (Wildman–Crippen LogP) is -0.137. The highest BCUT2D eigenvalue weighted by atomic mass is 32.2. The van der Waals surface area contributed by atoms with Crippen molar-refractivity contribution in [2.45, 2.75) is 19.9 Å². The van der Waals surface area contributed by atoms with E-state index in [0.717, 1.165) is 15.5 Å². The van der Waals surface area contributed by atoms with Gasteiger partial charge in [0.05, 0.1) is 24.5 Å². The molecule has 24 heavy (non-hydrogen) atoms. The van der Waals surface area contributed by atoms with Crippen molar-refractivity contribution in [3.63, 3.8) is 0 Å². The van der Waals surface area contributed by atoms with Crippen LogP contribution in [-0.4, -0.2) is 48.3 Å². The molecule has 0 aliphatic carbocycles. The standard InChI is InChI=1S/C16H20N2O5S/c1-11(2)15-16(21)17(10-14(19)20)13(9-18(15)24(3,22)23)12-7-5-4-6-8-12/h4-9,11,15H,10H2,1-3H3,(H,19,20)/p-1. The Morgan fingerprint density at radius 3 is 2.29 bits per heavy atom. The van der Waals surface area contributed by atoms with Crippen molar-refractivity contribution >= 4 is 27.6 Å². The van der Waals surface area contributed by atoms with Crippen LogP contribution in [0.2, 0.25) is 0 Å². The molecular weight excluding hydrogens is 332 g/mol. The minimum absolute atomic E-state index is 0.215. The number of carbonyl (C=O) groups excluding carboxylic acids is 2. The largest absolute Gasteiger partial charge is 0.548 e. The first-order valence-corrected chi connectivity index (χ1v) is 9.24. The molecule has 8 heteroatoms. The number of benzene rings is 1. The average molecular weight is 351 g/mol. The number of amides is 1. The van der Waals surface area contributed by atoms with Crippen molar-refractivity contribution in [2.24, 2.45) is 5.92 Å². The van der Waals surface area contributed by atoms with Crippen molar-refractivity contribution in [1.29, 1.82) is 0 Å². The molecule has 1 amide bonds. The first kappa shape index (κ1) is 18.0. The Balaban J connectivity index is 2.66. The Morgan fingerprint density at radius 1 is 1.25 bits per heavy atom. The first-order chi connectivity index (χ1) is 11.1. The van der Waals surface area contributed by atoms with Crippen LogP contribution in [0.4, 0.5) is 0 Å². The molecule has 0 radical (unpaired) electrons.